The van der Waals surface area contributed by atoms with Crippen LogP contribution in [0.5, 0.6) is 5.75 Å². The van der Waals surface area contributed by atoms with Gasteiger partial charge in [0.05, 0.1) is 12.0 Å². The van der Waals surface area contributed by atoms with Crippen LogP contribution in [-0.4, -0.2) is 35.4 Å². The highest BCUT2D eigenvalue weighted by atomic mass is 16.5. The molecule has 2 N–H and O–H groups in total. The molecule has 0 unspecified atom stereocenters. The summed E-state index contributed by atoms with van der Waals surface area (Å²) in [5.41, 5.74) is 2.12. The highest BCUT2D eigenvalue weighted by molar-refractivity contribution is 5.99. The monoisotopic (exact) mass is 473 g/mol. The molecule has 6 heteroatoms. The lowest BCUT2D eigenvalue weighted by Gasteiger charge is -2.27. The number of aliphatic carboxylic acids is 1. The van der Waals surface area contributed by atoms with Crippen LogP contribution in [0.3, 0.4) is 0 Å². The first-order valence-electron chi connectivity index (χ1n) is 12.2. The molecule has 182 valence electrons. The predicted molar refractivity (Wildman–Crippen MR) is 135 cm³/mol. The second kappa shape index (κ2) is 11.2. The van der Waals surface area contributed by atoms with Crippen LogP contribution in [0.2, 0.25) is 0 Å². The molecule has 0 bridgehead atoms. The Bertz CT molecular complexity index is 1230. The Hall–Kier alpha value is -3.67. The zero-order valence-corrected chi connectivity index (χ0v) is 20.0. The summed E-state index contributed by atoms with van der Waals surface area (Å²) >= 11 is 0. The summed E-state index contributed by atoms with van der Waals surface area (Å²) in [4.78, 5) is 36.3. The maximum atomic E-state index is 12.7. The summed E-state index contributed by atoms with van der Waals surface area (Å²) < 4.78 is 6.04. The van der Waals surface area contributed by atoms with E-state index in [1.54, 1.807) is 6.07 Å². The SMILES string of the molecule is Cc1cc(OC2CCC(C(=O)O)CC2)ccc1C(=O)CCCNC(=O)c1ccc2ccccc2c1. The van der Waals surface area contributed by atoms with Gasteiger partial charge in [0.15, 0.2) is 5.78 Å². The normalized spacial score (nSPS) is 17.6. The van der Waals surface area contributed by atoms with Gasteiger partial charge in [-0.25, -0.2) is 0 Å². The lowest BCUT2D eigenvalue weighted by atomic mass is 9.87. The van der Waals surface area contributed by atoms with Gasteiger partial charge in [0.1, 0.15) is 5.75 Å². The van der Waals surface area contributed by atoms with E-state index in [2.05, 4.69) is 5.32 Å². The van der Waals surface area contributed by atoms with E-state index in [-0.39, 0.29) is 23.7 Å². The molecule has 1 aliphatic rings. The number of carbonyl (C=O) groups is 3. The Morgan fingerprint density at radius 1 is 0.943 bits per heavy atom. The van der Waals surface area contributed by atoms with Gasteiger partial charge in [-0.15, -0.1) is 0 Å². The van der Waals surface area contributed by atoms with Crippen molar-refractivity contribution in [3.8, 4) is 5.75 Å². The van der Waals surface area contributed by atoms with Gasteiger partial charge < -0.3 is 15.2 Å². The molecule has 0 aromatic heterocycles. The van der Waals surface area contributed by atoms with Crippen molar-refractivity contribution in [2.24, 2.45) is 5.92 Å². The van der Waals surface area contributed by atoms with Crippen LogP contribution in [0.15, 0.2) is 60.7 Å². The number of fused-ring (bicyclic) bond motifs is 1. The van der Waals surface area contributed by atoms with Crippen molar-refractivity contribution >= 4 is 28.4 Å². The van der Waals surface area contributed by atoms with Crippen LogP contribution in [0.25, 0.3) is 10.8 Å². The fraction of sp³-hybridized carbons (Fsp3) is 0.345. The number of rotatable bonds is 9. The van der Waals surface area contributed by atoms with Crippen molar-refractivity contribution in [2.45, 2.75) is 51.6 Å². The Balaban J connectivity index is 1.23. The fourth-order valence-corrected chi connectivity index (χ4v) is 4.66. The van der Waals surface area contributed by atoms with Gasteiger partial charge in [0.2, 0.25) is 0 Å². The summed E-state index contributed by atoms with van der Waals surface area (Å²) in [7, 11) is 0. The van der Waals surface area contributed by atoms with Gasteiger partial charge >= 0.3 is 5.97 Å². The number of aryl methyl sites for hydroxylation is 1. The number of benzene rings is 3. The van der Waals surface area contributed by atoms with Crippen LogP contribution in [0.1, 0.15) is 64.8 Å². The summed E-state index contributed by atoms with van der Waals surface area (Å²) in [6, 6.07) is 19.0. The Morgan fingerprint density at radius 3 is 2.40 bits per heavy atom. The number of carboxylic acid groups (broad SMARTS) is 1. The molecule has 6 nitrogen and oxygen atoms in total. The van der Waals surface area contributed by atoms with Crippen molar-refractivity contribution in [1.29, 1.82) is 0 Å². The van der Waals surface area contributed by atoms with Crippen LogP contribution in [-0.2, 0) is 4.79 Å². The van der Waals surface area contributed by atoms with E-state index in [0.29, 0.717) is 49.1 Å². The van der Waals surface area contributed by atoms with Gasteiger partial charge in [-0.3, -0.25) is 14.4 Å². The number of carboxylic acids is 1. The van der Waals surface area contributed by atoms with Gasteiger partial charge in [-0.05, 0) is 85.7 Å². The molecule has 1 amide bonds. The Morgan fingerprint density at radius 2 is 1.69 bits per heavy atom. The third kappa shape index (κ3) is 6.27. The average molecular weight is 474 g/mol. The lowest BCUT2D eigenvalue weighted by molar-refractivity contribution is -0.143. The Kier molecular flexibility index (Phi) is 7.80. The van der Waals surface area contributed by atoms with E-state index in [0.717, 1.165) is 29.2 Å². The van der Waals surface area contributed by atoms with E-state index in [1.165, 1.54) is 0 Å². The van der Waals surface area contributed by atoms with Crippen LogP contribution < -0.4 is 10.1 Å². The summed E-state index contributed by atoms with van der Waals surface area (Å²) in [5, 5.41) is 14.1. The molecular weight excluding hydrogens is 442 g/mol. The molecule has 3 aromatic carbocycles. The number of ether oxygens (including phenoxy) is 1. The van der Waals surface area contributed by atoms with E-state index in [4.69, 9.17) is 9.84 Å². The molecule has 0 spiro atoms. The number of amides is 1. The number of hydrogen-bond acceptors (Lipinski definition) is 4. The second-order valence-electron chi connectivity index (χ2n) is 9.25. The first-order valence-corrected chi connectivity index (χ1v) is 12.2. The minimum Gasteiger partial charge on any atom is -0.490 e. The number of carbonyl (C=O) groups excluding carboxylic acids is 2. The molecule has 0 aliphatic heterocycles. The second-order valence-corrected chi connectivity index (χ2v) is 9.25. The van der Waals surface area contributed by atoms with Gasteiger partial charge in [-0.1, -0.05) is 30.3 Å². The number of hydrogen-bond donors (Lipinski definition) is 2. The Labute approximate surface area is 205 Å². The zero-order chi connectivity index (χ0) is 24.8. The van der Waals surface area contributed by atoms with Crippen LogP contribution in [0.4, 0.5) is 0 Å². The van der Waals surface area contributed by atoms with E-state index < -0.39 is 5.97 Å². The maximum absolute atomic E-state index is 12.7. The van der Waals surface area contributed by atoms with E-state index in [9.17, 15) is 14.4 Å². The molecule has 1 aliphatic carbocycles. The van der Waals surface area contributed by atoms with Crippen LogP contribution in [0, 0.1) is 12.8 Å². The largest absolute Gasteiger partial charge is 0.490 e. The van der Waals surface area contributed by atoms with E-state index >= 15 is 0 Å². The minimum absolute atomic E-state index is 0.0118. The maximum Gasteiger partial charge on any atom is 0.306 e. The van der Waals surface area contributed by atoms with Gasteiger partial charge in [-0.2, -0.15) is 0 Å². The highest BCUT2D eigenvalue weighted by Crippen LogP contribution is 2.29. The first kappa shape index (κ1) is 24.5. The number of nitrogens with one attached hydrogen (secondary N) is 1. The first-order chi connectivity index (χ1) is 16.9. The molecule has 0 radical (unpaired) electrons. The summed E-state index contributed by atoms with van der Waals surface area (Å²) in [5.74, 6) is -0.390. The van der Waals surface area contributed by atoms with Crippen molar-refractivity contribution in [3.63, 3.8) is 0 Å². The van der Waals surface area contributed by atoms with Gasteiger partial charge in [0.25, 0.3) is 5.91 Å². The van der Waals surface area contributed by atoms with Crippen molar-refractivity contribution in [3.05, 3.63) is 77.4 Å². The standard InChI is InChI=1S/C29H31NO5/c1-19-17-25(35-24-12-10-21(11-13-24)29(33)34)14-15-26(19)27(31)7-4-16-30-28(32)23-9-8-20-5-2-3-6-22(20)18-23/h2-3,5-6,8-9,14-15,17-18,21,24H,4,7,10-13,16H2,1H3,(H,30,32)(H,33,34). The van der Waals surface area contributed by atoms with Crippen molar-refractivity contribution in [1.82, 2.24) is 5.32 Å². The molecule has 0 atom stereocenters. The summed E-state index contributed by atoms with van der Waals surface area (Å²) in [6.07, 6.45) is 3.63. The third-order valence-corrected chi connectivity index (χ3v) is 6.70. The van der Waals surface area contributed by atoms with E-state index in [1.807, 2.05) is 61.5 Å². The number of Topliss-reactive ketones (excluding diaryl/α,β-unsaturated/α-hetero) is 1. The summed E-state index contributed by atoms with van der Waals surface area (Å²) in [6.45, 7) is 2.32. The number of ketones is 1. The zero-order valence-electron chi connectivity index (χ0n) is 20.0. The minimum atomic E-state index is -0.726. The fourth-order valence-electron chi connectivity index (χ4n) is 4.66. The third-order valence-electron chi connectivity index (χ3n) is 6.70. The molecule has 1 fully saturated rings. The van der Waals surface area contributed by atoms with Crippen molar-refractivity contribution in [2.75, 3.05) is 6.54 Å². The molecule has 35 heavy (non-hydrogen) atoms. The molecule has 0 saturated heterocycles. The molecule has 4 rings (SSSR count). The van der Waals surface area contributed by atoms with Gasteiger partial charge in [0, 0.05) is 24.1 Å². The molecule has 1 saturated carbocycles. The van der Waals surface area contributed by atoms with Crippen molar-refractivity contribution < 1.29 is 24.2 Å². The average Bonchev–Trinajstić information content (AvgIpc) is 2.86. The van der Waals surface area contributed by atoms with Crippen LogP contribution >= 0.6 is 0 Å². The smallest absolute Gasteiger partial charge is 0.306 e. The molecule has 0 heterocycles. The molecular formula is C29H31NO5. The highest BCUT2D eigenvalue weighted by Gasteiger charge is 2.27. The quantitative estimate of drug-likeness (QED) is 0.313. The lowest BCUT2D eigenvalue weighted by Crippen LogP contribution is -2.27. The molecule has 3 aromatic rings. The predicted octanol–water partition coefficient (Wildman–Crippen LogP) is 5.56. The topological polar surface area (TPSA) is 92.7 Å².